The molecule has 3 nitrogen and oxygen atoms in total. The number of benzene rings is 2. The zero-order valence-electron chi connectivity index (χ0n) is 9.86. The Morgan fingerprint density at radius 3 is 2.79 bits per heavy atom. The molecule has 5 heteroatoms. The van der Waals surface area contributed by atoms with Gasteiger partial charge in [0.1, 0.15) is 5.82 Å². The Balaban J connectivity index is 2.23. The van der Waals surface area contributed by atoms with E-state index in [1.165, 1.54) is 18.2 Å². The fraction of sp³-hybridized carbons (Fsp3) is 0.0714. The van der Waals surface area contributed by atoms with E-state index in [-0.39, 0.29) is 12.2 Å². The maximum Gasteiger partial charge on any atom is 0.258 e. The molecule has 2 aromatic rings. The fourth-order valence-corrected chi connectivity index (χ4v) is 1.98. The Morgan fingerprint density at radius 2 is 2.05 bits per heavy atom. The quantitative estimate of drug-likeness (QED) is 0.910. The highest BCUT2D eigenvalue weighted by molar-refractivity contribution is 9.10. The molecule has 0 fully saturated rings. The summed E-state index contributed by atoms with van der Waals surface area (Å²) in [6, 6.07) is 10.9. The van der Waals surface area contributed by atoms with Crippen molar-refractivity contribution in [2.75, 3.05) is 5.32 Å². The lowest BCUT2D eigenvalue weighted by Gasteiger charge is -2.07. The summed E-state index contributed by atoms with van der Waals surface area (Å²) >= 11 is 3.19. The van der Waals surface area contributed by atoms with Crippen LogP contribution in [0.25, 0.3) is 0 Å². The summed E-state index contributed by atoms with van der Waals surface area (Å²) < 4.78 is 14.2. The molecule has 0 spiro atoms. The van der Waals surface area contributed by atoms with Gasteiger partial charge < -0.3 is 10.4 Å². The van der Waals surface area contributed by atoms with Gasteiger partial charge in [-0.2, -0.15) is 0 Å². The molecule has 98 valence electrons. The fourth-order valence-electron chi connectivity index (χ4n) is 1.62. The van der Waals surface area contributed by atoms with Crippen LogP contribution in [0.5, 0.6) is 0 Å². The van der Waals surface area contributed by atoms with Gasteiger partial charge in [-0.25, -0.2) is 4.39 Å². The van der Waals surface area contributed by atoms with Crippen LogP contribution in [-0.4, -0.2) is 11.0 Å². The van der Waals surface area contributed by atoms with E-state index < -0.39 is 11.7 Å². The molecule has 2 rings (SSSR count). The zero-order valence-corrected chi connectivity index (χ0v) is 11.4. The largest absolute Gasteiger partial charge is 0.392 e. The average molecular weight is 324 g/mol. The first kappa shape index (κ1) is 13.7. The Labute approximate surface area is 118 Å². The minimum absolute atomic E-state index is 0.0382. The van der Waals surface area contributed by atoms with E-state index >= 15 is 0 Å². The average Bonchev–Trinajstić information content (AvgIpc) is 2.41. The number of nitrogens with one attached hydrogen (secondary N) is 1. The summed E-state index contributed by atoms with van der Waals surface area (Å²) in [5, 5.41) is 11.6. The first-order valence-corrected chi connectivity index (χ1v) is 6.35. The van der Waals surface area contributed by atoms with Crippen molar-refractivity contribution in [3.8, 4) is 0 Å². The van der Waals surface area contributed by atoms with Crippen molar-refractivity contribution in [3.63, 3.8) is 0 Å². The van der Waals surface area contributed by atoms with Gasteiger partial charge in [0, 0.05) is 10.2 Å². The topological polar surface area (TPSA) is 49.3 Å². The van der Waals surface area contributed by atoms with Crippen LogP contribution in [0.1, 0.15) is 15.9 Å². The number of aliphatic hydroxyl groups excluding tert-OH is 1. The van der Waals surface area contributed by atoms with Gasteiger partial charge in [-0.15, -0.1) is 0 Å². The Kier molecular flexibility index (Phi) is 4.29. The number of halogens is 2. The number of carbonyl (C=O) groups is 1. The molecule has 0 unspecified atom stereocenters. The molecule has 0 aliphatic rings. The smallest absolute Gasteiger partial charge is 0.258 e. The molecule has 0 saturated carbocycles. The Morgan fingerprint density at radius 1 is 1.26 bits per heavy atom. The van der Waals surface area contributed by atoms with E-state index in [0.717, 1.165) is 0 Å². The van der Waals surface area contributed by atoms with Crippen molar-refractivity contribution in [3.05, 3.63) is 63.9 Å². The molecule has 0 aliphatic heterocycles. The van der Waals surface area contributed by atoms with Crippen molar-refractivity contribution >= 4 is 27.5 Å². The number of rotatable bonds is 3. The van der Waals surface area contributed by atoms with E-state index in [0.29, 0.717) is 15.7 Å². The molecule has 0 radical (unpaired) electrons. The van der Waals surface area contributed by atoms with E-state index in [1.807, 2.05) is 0 Å². The maximum atomic E-state index is 13.5. The molecule has 0 bridgehead atoms. The normalized spacial score (nSPS) is 10.3. The predicted molar refractivity (Wildman–Crippen MR) is 74.4 cm³/mol. The van der Waals surface area contributed by atoms with Gasteiger partial charge in [0.05, 0.1) is 12.2 Å². The van der Waals surface area contributed by atoms with Crippen LogP contribution in [0.3, 0.4) is 0 Å². The van der Waals surface area contributed by atoms with Gasteiger partial charge in [0.25, 0.3) is 5.91 Å². The van der Waals surface area contributed by atoms with Gasteiger partial charge in [0.15, 0.2) is 0 Å². The molecule has 19 heavy (non-hydrogen) atoms. The molecule has 2 N–H and O–H groups in total. The van der Waals surface area contributed by atoms with E-state index in [2.05, 4.69) is 21.2 Å². The van der Waals surface area contributed by atoms with Crippen molar-refractivity contribution in [2.45, 2.75) is 6.61 Å². The molecule has 2 aromatic carbocycles. The summed E-state index contributed by atoms with van der Waals surface area (Å²) in [5.41, 5.74) is 1.15. The molecule has 0 heterocycles. The highest BCUT2D eigenvalue weighted by Crippen LogP contribution is 2.18. The number of aliphatic hydroxyl groups is 1. The first-order chi connectivity index (χ1) is 9.10. The number of hydrogen-bond acceptors (Lipinski definition) is 2. The monoisotopic (exact) mass is 323 g/mol. The van der Waals surface area contributed by atoms with Crippen molar-refractivity contribution in [1.29, 1.82) is 0 Å². The zero-order chi connectivity index (χ0) is 13.8. The first-order valence-electron chi connectivity index (χ1n) is 5.56. The SMILES string of the molecule is O=C(Nc1cccc(CO)c1)c1cc(Br)ccc1F. The Hall–Kier alpha value is -1.72. The summed E-state index contributed by atoms with van der Waals surface area (Å²) in [5.74, 6) is -1.12. The number of carbonyl (C=O) groups excluding carboxylic acids is 1. The van der Waals surface area contributed by atoms with Gasteiger partial charge in [0.2, 0.25) is 0 Å². The lowest BCUT2D eigenvalue weighted by atomic mass is 10.1. The summed E-state index contributed by atoms with van der Waals surface area (Å²) in [6.45, 7) is -0.116. The van der Waals surface area contributed by atoms with Crippen molar-refractivity contribution < 1.29 is 14.3 Å². The minimum Gasteiger partial charge on any atom is -0.392 e. The standard InChI is InChI=1S/C14H11BrFNO2/c15-10-4-5-13(16)12(7-10)14(19)17-11-3-1-2-9(6-11)8-18/h1-7,18H,8H2,(H,17,19). The van der Waals surface area contributed by atoms with Gasteiger partial charge in [-0.05, 0) is 35.9 Å². The lowest BCUT2D eigenvalue weighted by molar-refractivity contribution is 0.102. The maximum absolute atomic E-state index is 13.5. The Bertz CT molecular complexity index is 616. The third-order valence-corrected chi connectivity index (χ3v) is 3.03. The van der Waals surface area contributed by atoms with Crippen LogP contribution in [0.4, 0.5) is 10.1 Å². The van der Waals surface area contributed by atoms with Crippen LogP contribution < -0.4 is 5.32 Å². The molecule has 1 amide bonds. The number of hydrogen-bond donors (Lipinski definition) is 2. The number of amides is 1. The second-order valence-corrected chi connectivity index (χ2v) is 4.85. The molecular weight excluding hydrogens is 313 g/mol. The van der Waals surface area contributed by atoms with Crippen LogP contribution >= 0.6 is 15.9 Å². The third-order valence-electron chi connectivity index (χ3n) is 2.54. The van der Waals surface area contributed by atoms with Gasteiger partial charge >= 0.3 is 0 Å². The summed E-state index contributed by atoms with van der Waals surface area (Å²) in [4.78, 5) is 12.0. The molecule has 0 aromatic heterocycles. The molecule has 0 aliphatic carbocycles. The predicted octanol–water partition coefficient (Wildman–Crippen LogP) is 3.33. The highest BCUT2D eigenvalue weighted by atomic mass is 79.9. The van der Waals surface area contributed by atoms with Crippen LogP contribution in [0, 0.1) is 5.82 Å². The van der Waals surface area contributed by atoms with Crippen LogP contribution in [-0.2, 0) is 6.61 Å². The lowest BCUT2D eigenvalue weighted by Crippen LogP contribution is -2.13. The van der Waals surface area contributed by atoms with Gasteiger partial charge in [-0.3, -0.25) is 4.79 Å². The van der Waals surface area contributed by atoms with E-state index in [1.54, 1.807) is 24.3 Å². The summed E-state index contributed by atoms with van der Waals surface area (Å²) in [7, 11) is 0. The third kappa shape index (κ3) is 3.39. The number of anilines is 1. The van der Waals surface area contributed by atoms with E-state index in [4.69, 9.17) is 5.11 Å². The van der Waals surface area contributed by atoms with Gasteiger partial charge in [-0.1, -0.05) is 28.1 Å². The highest BCUT2D eigenvalue weighted by Gasteiger charge is 2.12. The molecule has 0 saturated heterocycles. The van der Waals surface area contributed by atoms with Crippen molar-refractivity contribution in [1.82, 2.24) is 0 Å². The van der Waals surface area contributed by atoms with Crippen molar-refractivity contribution in [2.24, 2.45) is 0 Å². The minimum atomic E-state index is -0.584. The second kappa shape index (κ2) is 5.95. The van der Waals surface area contributed by atoms with Crippen LogP contribution in [0.15, 0.2) is 46.9 Å². The van der Waals surface area contributed by atoms with Crippen LogP contribution in [0.2, 0.25) is 0 Å². The molecule has 0 atom stereocenters. The second-order valence-electron chi connectivity index (χ2n) is 3.94. The summed E-state index contributed by atoms with van der Waals surface area (Å²) in [6.07, 6.45) is 0. The van der Waals surface area contributed by atoms with E-state index in [9.17, 15) is 9.18 Å². The molecular formula is C14H11BrFNO2.